The highest BCUT2D eigenvalue weighted by molar-refractivity contribution is 5.87. The Morgan fingerprint density at radius 2 is 1.57 bits per heavy atom. The third-order valence-corrected chi connectivity index (χ3v) is 6.47. The summed E-state index contributed by atoms with van der Waals surface area (Å²) >= 11 is 0. The van der Waals surface area contributed by atoms with Gasteiger partial charge in [0.25, 0.3) is 0 Å². The number of hydrogen-bond acceptors (Lipinski definition) is 2. The Hall–Kier alpha value is -1.93. The molecule has 116 valence electrons. The molecule has 0 aromatic heterocycles. The fourth-order valence-corrected chi connectivity index (χ4v) is 5.40. The van der Waals surface area contributed by atoms with Crippen LogP contribution >= 0.6 is 0 Å². The minimum absolute atomic E-state index is 0.0517. The fraction of sp³-hybridized carbons (Fsp3) is 0.381. The van der Waals surface area contributed by atoms with Crippen molar-refractivity contribution in [3.8, 4) is 0 Å². The Balaban J connectivity index is 1.66. The van der Waals surface area contributed by atoms with Gasteiger partial charge in [-0.05, 0) is 17.5 Å². The summed E-state index contributed by atoms with van der Waals surface area (Å²) in [7, 11) is 0. The number of carbonyl (C=O) groups is 1. The highest BCUT2D eigenvalue weighted by Crippen LogP contribution is 2.76. The van der Waals surface area contributed by atoms with Crippen molar-refractivity contribution in [1.82, 2.24) is 0 Å². The molecule has 0 radical (unpaired) electrons. The molecule has 0 unspecified atom stereocenters. The normalized spacial score (nSPS) is 40.7. The molecule has 3 aliphatic rings. The molecular weight excluding hydrogens is 284 g/mol. The fourth-order valence-electron chi connectivity index (χ4n) is 5.40. The molecule has 2 aromatic rings. The van der Waals surface area contributed by atoms with Gasteiger partial charge in [-0.25, -0.2) is 0 Å². The van der Waals surface area contributed by atoms with Gasteiger partial charge in [0.15, 0.2) is 5.78 Å². The Bertz CT molecular complexity index is 769. The number of ether oxygens (including phenoxy) is 1. The maximum atomic E-state index is 12.5. The lowest BCUT2D eigenvalue weighted by Crippen LogP contribution is -2.44. The Labute approximate surface area is 136 Å². The largest absolute Gasteiger partial charge is 0.359 e. The van der Waals surface area contributed by atoms with Crippen LogP contribution in [0.1, 0.15) is 30.9 Å². The number of fused-ring (bicyclic) bond motifs is 5. The van der Waals surface area contributed by atoms with Gasteiger partial charge in [0.1, 0.15) is 6.10 Å². The van der Waals surface area contributed by atoms with Crippen molar-refractivity contribution in [2.24, 2.45) is 11.8 Å². The SMILES string of the molecule is C[C@]1(c2ccccc2)[C@@H]2[C@@H]3O[C@@](c4ccccc4)(CCC3=O)[C@@H]21. The number of hydrogen-bond donors (Lipinski definition) is 0. The zero-order valence-corrected chi connectivity index (χ0v) is 13.2. The lowest BCUT2D eigenvalue weighted by molar-refractivity contribution is -0.157. The molecule has 23 heavy (non-hydrogen) atoms. The first-order chi connectivity index (χ1) is 11.2. The van der Waals surface area contributed by atoms with E-state index in [0.717, 1.165) is 6.42 Å². The predicted octanol–water partition coefficient (Wildman–Crippen LogP) is 3.85. The van der Waals surface area contributed by atoms with E-state index in [4.69, 9.17) is 4.74 Å². The van der Waals surface area contributed by atoms with E-state index in [0.29, 0.717) is 24.0 Å². The summed E-state index contributed by atoms with van der Waals surface area (Å²) < 4.78 is 6.41. The summed E-state index contributed by atoms with van der Waals surface area (Å²) in [6.07, 6.45) is 1.24. The third-order valence-electron chi connectivity index (χ3n) is 6.47. The molecule has 5 atom stereocenters. The molecule has 0 spiro atoms. The molecule has 0 N–H and O–H groups in total. The van der Waals surface area contributed by atoms with Crippen molar-refractivity contribution in [1.29, 1.82) is 0 Å². The van der Waals surface area contributed by atoms with Gasteiger partial charge in [0.05, 0.1) is 5.60 Å². The van der Waals surface area contributed by atoms with E-state index in [1.54, 1.807) is 0 Å². The van der Waals surface area contributed by atoms with Crippen LogP contribution in [0.2, 0.25) is 0 Å². The van der Waals surface area contributed by atoms with Crippen LogP contribution in [0, 0.1) is 11.8 Å². The van der Waals surface area contributed by atoms with Crippen LogP contribution in [0.15, 0.2) is 60.7 Å². The standard InChI is InChI=1S/C21H20O2/c1-20(14-8-4-2-5-9-14)17-18-16(22)12-13-21(23-18,19(17)20)15-10-6-3-7-11-15/h2-11,17-19H,12-13H2,1H3/t17-,18-,19+,20+,21-/m1/s1. The van der Waals surface area contributed by atoms with Crippen LogP contribution in [-0.2, 0) is 20.5 Å². The van der Waals surface area contributed by atoms with E-state index < -0.39 is 0 Å². The van der Waals surface area contributed by atoms with Gasteiger partial charge in [-0.15, -0.1) is 0 Å². The molecular formula is C21H20O2. The van der Waals surface area contributed by atoms with E-state index in [-0.39, 0.29) is 17.1 Å². The van der Waals surface area contributed by atoms with Gasteiger partial charge in [0.2, 0.25) is 0 Å². The average molecular weight is 304 g/mol. The average Bonchev–Trinajstić information content (AvgIpc) is 3.13. The molecule has 2 bridgehead atoms. The zero-order chi connectivity index (χ0) is 15.7. The van der Waals surface area contributed by atoms with Crippen molar-refractivity contribution in [2.45, 2.75) is 36.9 Å². The number of carbonyl (C=O) groups excluding carboxylic acids is 1. The van der Waals surface area contributed by atoms with E-state index in [2.05, 4.69) is 61.5 Å². The second-order valence-corrected chi connectivity index (χ2v) is 7.41. The van der Waals surface area contributed by atoms with Gasteiger partial charge >= 0.3 is 0 Å². The number of rotatable bonds is 2. The lowest BCUT2D eigenvalue weighted by atomic mass is 9.77. The van der Waals surface area contributed by atoms with Crippen LogP contribution in [0.5, 0.6) is 0 Å². The first-order valence-electron chi connectivity index (χ1n) is 8.49. The van der Waals surface area contributed by atoms with Gasteiger partial charge in [-0.1, -0.05) is 67.6 Å². The minimum Gasteiger partial charge on any atom is -0.359 e. The molecule has 3 fully saturated rings. The molecule has 2 heterocycles. The Morgan fingerprint density at radius 1 is 0.957 bits per heavy atom. The number of Topliss-reactive ketones (excluding diaryl/α,β-unsaturated/α-hetero) is 1. The van der Waals surface area contributed by atoms with Gasteiger partial charge in [0, 0.05) is 23.7 Å². The Morgan fingerprint density at radius 3 is 2.22 bits per heavy atom. The number of ketones is 1. The van der Waals surface area contributed by atoms with E-state index in [1.165, 1.54) is 11.1 Å². The second-order valence-electron chi connectivity index (χ2n) is 7.41. The first-order valence-corrected chi connectivity index (χ1v) is 8.49. The maximum absolute atomic E-state index is 12.5. The van der Waals surface area contributed by atoms with Crippen LogP contribution in [0.3, 0.4) is 0 Å². The van der Waals surface area contributed by atoms with Crippen LogP contribution < -0.4 is 0 Å². The van der Waals surface area contributed by atoms with Crippen LogP contribution in [0.25, 0.3) is 0 Å². The highest BCUT2D eigenvalue weighted by Gasteiger charge is 2.80. The van der Waals surface area contributed by atoms with Crippen LogP contribution in [0.4, 0.5) is 0 Å². The summed E-state index contributed by atoms with van der Waals surface area (Å²) in [5, 5.41) is 0. The molecule has 2 aromatic carbocycles. The zero-order valence-electron chi connectivity index (χ0n) is 13.2. The topological polar surface area (TPSA) is 26.3 Å². The molecule has 2 saturated heterocycles. The summed E-state index contributed by atoms with van der Waals surface area (Å²) in [6, 6.07) is 21.2. The molecule has 1 aliphatic carbocycles. The molecule has 2 aliphatic heterocycles. The van der Waals surface area contributed by atoms with Gasteiger partial charge < -0.3 is 4.74 Å². The summed E-state index contributed by atoms with van der Waals surface area (Å²) in [4.78, 5) is 12.5. The predicted molar refractivity (Wildman–Crippen MR) is 88.0 cm³/mol. The van der Waals surface area contributed by atoms with Crippen molar-refractivity contribution in [3.63, 3.8) is 0 Å². The van der Waals surface area contributed by atoms with Crippen molar-refractivity contribution < 1.29 is 9.53 Å². The van der Waals surface area contributed by atoms with Gasteiger partial charge in [-0.3, -0.25) is 4.79 Å². The van der Waals surface area contributed by atoms with Crippen molar-refractivity contribution in [3.05, 3.63) is 71.8 Å². The van der Waals surface area contributed by atoms with Crippen LogP contribution in [-0.4, -0.2) is 11.9 Å². The molecule has 1 saturated carbocycles. The van der Waals surface area contributed by atoms with Gasteiger partial charge in [-0.2, -0.15) is 0 Å². The van der Waals surface area contributed by atoms with E-state index >= 15 is 0 Å². The quantitative estimate of drug-likeness (QED) is 0.842. The maximum Gasteiger partial charge on any atom is 0.162 e. The highest BCUT2D eigenvalue weighted by atomic mass is 16.5. The Kier molecular flexibility index (Phi) is 2.54. The molecule has 0 amide bonds. The molecule has 5 rings (SSSR count). The van der Waals surface area contributed by atoms with E-state index in [9.17, 15) is 4.79 Å². The summed E-state index contributed by atoms with van der Waals surface area (Å²) in [6.45, 7) is 2.32. The molecule has 2 nitrogen and oxygen atoms in total. The van der Waals surface area contributed by atoms with E-state index in [1.807, 2.05) is 6.07 Å². The smallest absolute Gasteiger partial charge is 0.162 e. The third kappa shape index (κ3) is 1.55. The van der Waals surface area contributed by atoms with Crippen molar-refractivity contribution in [2.75, 3.05) is 0 Å². The summed E-state index contributed by atoms with van der Waals surface area (Å²) in [5.74, 6) is 1.01. The number of benzene rings is 2. The first kappa shape index (κ1) is 13.5. The molecule has 2 heteroatoms. The monoisotopic (exact) mass is 304 g/mol. The van der Waals surface area contributed by atoms with Crippen molar-refractivity contribution >= 4 is 5.78 Å². The minimum atomic E-state index is -0.283. The lowest BCUT2D eigenvalue weighted by Gasteiger charge is -2.40. The second kappa shape index (κ2) is 4.33. The summed E-state index contributed by atoms with van der Waals surface area (Å²) in [5.41, 5.74) is 2.36.